The maximum absolute atomic E-state index is 10.0. The summed E-state index contributed by atoms with van der Waals surface area (Å²) in [5.74, 6) is 0. The summed E-state index contributed by atoms with van der Waals surface area (Å²) < 4.78 is 5.90. The molecular weight excluding hydrogens is 236 g/mol. The lowest BCUT2D eigenvalue weighted by molar-refractivity contribution is -0.0622. The van der Waals surface area contributed by atoms with Crippen LogP contribution in [0.3, 0.4) is 0 Å². The molecular formula is C17H34O2. The topological polar surface area (TPSA) is 29.5 Å². The predicted molar refractivity (Wildman–Crippen MR) is 81.4 cm³/mol. The Bertz CT molecular complexity index is 213. The fraction of sp³-hybridized carbons (Fsp3) is 1.00. The molecule has 2 unspecified atom stereocenters. The average molecular weight is 270 g/mol. The van der Waals surface area contributed by atoms with E-state index in [1.807, 2.05) is 6.92 Å². The van der Waals surface area contributed by atoms with Crippen molar-refractivity contribution in [1.82, 2.24) is 0 Å². The van der Waals surface area contributed by atoms with Gasteiger partial charge in [-0.05, 0) is 32.6 Å². The highest BCUT2D eigenvalue weighted by atomic mass is 16.5. The molecule has 0 bridgehead atoms. The first-order chi connectivity index (χ1) is 9.14. The molecule has 0 aromatic carbocycles. The third-order valence-corrected chi connectivity index (χ3v) is 4.26. The molecule has 0 spiro atoms. The number of aliphatic hydroxyl groups is 1. The van der Waals surface area contributed by atoms with Gasteiger partial charge in [-0.3, -0.25) is 0 Å². The molecule has 1 fully saturated rings. The van der Waals surface area contributed by atoms with Crippen molar-refractivity contribution < 1.29 is 9.84 Å². The van der Waals surface area contributed by atoms with Gasteiger partial charge < -0.3 is 9.84 Å². The van der Waals surface area contributed by atoms with E-state index in [9.17, 15) is 5.11 Å². The Morgan fingerprint density at radius 2 is 1.68 bits per heavy atom. The van der Waals surface area contributed by atoms with Crippen LogP contribution in [-0.4, -0.2) is 23.4 Å². The molecule has 0 aliphatic heterocycles. The molecule has 1 aliphatic rings. The summed E-state index contributed by atoms with van der Waals surface area (Å²) in [7, 11) is 0. The van der Waals surface area contributed by atoms with Crippen LogP contribution in [-0.2, 0) is 4.74 Å². The quantitative estimate of drug-likeness (QED) is 0.576. The minimum Gasteiger partial charge on any atom is -0.390 e. The van der Waals surface area contributed by atoms with Crippen molar-refractivity contribution >= 4 is 0 Å². The third kappa shape index (κ3) is 8.65. The number of ether oxygens (including phenoxy) is 1. The summed E-state index contributed by atoms with van der Waals surface area (Å²) in [6, 6.07) is 0. The SMILES string of the molecule is CCCCCCCCCCOC1CCCC(C)(O)C1. The molecule has 2 nitrogen and oxygen atoms in total. The van der Waals surface area contributed by atoms with Crippen LogP contribution in [0.4, 0.5) is 0 Å². The lowest BCUT2D eigenvalue weighted by Gasteiger charge is -2.33. The first-order valence-corrected chi connectivity index (χ1v) is 8.48. The highest BCUT2D eigenvalue weighted by Gasteiger charge is 2.30. The Morgan fingerprint density at radius 1 is 1.05 bits per heavy atom. The van der Waals surface area contributed by atoms with Gasteiger partial charge in [0.25, 0.3) is 0 Å². The third-order valence-electron chi connectivity index (χ3n) is 4.26. The fourth-order valence-electron chi connectivity index (χ4n) is 3.03. The number of rotatable bonds is 10. The molecule has 0 radical (unpaired) electrons. The maximum atomic E-state index is 10.0. The van der Waals surface area contributed by atoms with E-state index >= 15 is 0 Å². The number of hydrogen-bond donors (Lipinski definition) is 1. The zero-order chi connectivity index (χ0) is 14.0. The molecule has 0 amide bonds. The number of unbranched alkanes of at least 4 members (excludes halogenated alkanes) is 7. The summed E-state index contributed by atoms with van der Waals surface area (Å²) in [6.45, 7) is 5.09. The van der Waals surface area contributed by atoms with E-state index < -0.39 is 5.60 Å². The van der Waals surface area contributed by atoms with Crippen LogP contribution < -0.4 is 0 Å². The summed E-state index contributed by atoms with van der Waals surface area (Å²) in [5.41, 5.74) is -0.484. The van der Waals surface area contributed by atoms with Crippen molar-refractivity contribution in [2.45, 2.75) is 103 Å². The Kier molecular flexibility index (Phi) is 8.72. The van der Waals surface area contributed by atoms with Crippen LogP contribution in [0.5, 0.6) is 0 Å². The van der Waals surface area contributed by atoms with Gasteiger partial charge in [0.2, 0.25) is 0 Å². The summed E-state index contributed by atoms with van der Waals surface area (Å²) in [4.78, 5) is 0. The second-order valence-corrected chi connectivity index (χ2v) is 6.56. The van der Waals surface area contributed by atoms with Crippen LogP contribution in [0.1, 0.15) is 90.9 Å². The van der Waals surface area contributed by atoms with Crippen LogP contribution in [0.15, 0.2) is 0 Å². The van der Waals surface area contributed by atoms with Gasteiger partial charge in [0, 0.05) is 13.0 Å². The Balaban J connectivity index is 1.88. The van der Waals surface area contributed by atoms with E-state index in [4.69, 9.17) is 4.74 Å². The highest BCUT2D eigenvalue weighted by molar-refractivity contribution is 4.82. The van der Waals surface area contributed by atoms with E-state index in [-0.39, 0.29) is 0 Å². The zero-order valence-electron chi connectivity index (χ0n) is 13.1. The smallest absolute Gasteiger partial charge is 0.0644 e. The van der Waals surface area contributed by atoms with Crippen molar-refractivity contribution in [3.05, 3.63) is 0 Å². The first-order valence-electron chi connectivity index (χ1n) is 8.48. The molecule has 1 N–H and O–H groups in total. The second kappa shape index (κ2) is 9.77. The van der Waals surface area contributed by atoms with Gasteiger partial charge in [-0.1, -0.05) is 51.9 Å². The molecule has 1 rings (SSSR count). The maximum Gasteiger partial charge on any atom is 0.0644 e. The van der Waals surface area contributed by atoms with Crippen molar-refractivity contribution in [2.75, 3.05) is 6.61 Å². The Labute approximate surface area is 119 Å². The van der Waals surface area contributed by atoms with Gasteiger partial charge >= 0.3 is 0 Å². The van der Waals surface area contributed by atoms with Crippen LogP contribution in [0.25, 0.3) is 0 Å². The molecule has 1 aliphatic carbocycles. The largest absolute Gasteiger partial charge is 0.390 e. The molecule has 0 saturated heterocycles. The Hall–Kier alpha value is -0.0800. The molecule has 0 aromatic rings. The summed E-state index contributed by atoms with van der Waals surface area (Å²) in [6.07, 6.45) is 15.1. The molecule has 2 heteroatoms. The van der Waals surface area contributed by atoms with Crippen molar-refractivity contribution in [3.8, 4) is 0 Å². The standard InChI is InChI=1S/C17H34O2/c1-3-4-5-6-7-8-9-10-14-19-16-12-11-13-17(2,18)15-16/h16,18H,3-15H2,1-2H3. The van der Waals surface area contributed by atoms with Gasteiger partial charge in [0.15, 0.2) is 0 Å². The lowest BCUT2D eigenvalue weighted by atomic mass is 9.85. The van der Waals surface area contributed by atoms with E-state index in [0.717, 1.165) is 32.3 Å². The van der Waals surface area contributed by atoms with Crippen molar-refractivity contribution in [3.63, 3.8) is 0 Å². The van der Waals surface area contributed by atoms with E-state index in [0.29, 0.717) is 6.10 Å². The zero-order valence-corrected chi connectivity index (χ0v) is 13.1. The fourth-order valence-corrected chi connectivity index (χ4v) is 3.03. The van der Waals surface area contributed by atoms with Gasteiger partial charge in [-0.2, -0.15) is 0 Å². The second-order valence-electron chi connectivity index (χ2n) is 6.56. The minimum atomic E-state index is -0.484. The lowest BCUT2D eigenvalue weighted by Crippen LogP contribution is -2.35. The minimum absolute atomic E-state index is 0.299. The van der Waals surface area contributed by atoms with Gasteiger partial charge in [-0.15, -0.1) is 0 Å². The van der Waals surface area contributed by atoms with Gasteiger partial charge in [-0.25, -0.2) is 0 Å². The van der Waals surface area contributed by atoms with Crippen molar-refractivity contribution in [1.29, 1.82) is 0 Å². The summed E-state index contributed by atoms with van der Waals surface area (Å²) >= 11 is 0. The molecule has 0 aromatic heterocycles. The molecule has 2 atom stereocenters. The molecule has 19 heavy (non-hydrogen) atoms. The van der Waals surface area contributed by atoms with E-state index in [1.54, 1.807) is 0 Å². The van der Waals surface area contributed by atoms with Crippen LogP contribution >= 0.6 is 0 Å². The van der Waals surface area contributed by atoms with Crippen LogP contribution in [0.2, 0.25) is 0 Å². The Morgan fingerprint density at radius 3 is 2.32 bits per heavy atom. The molecule has 0 heterocycles. The normalized spacial score (nSPS) is 27.6. The number of hydrogen-bond acceptors (Lipinski definition) is 2. The summed E-state index contributed by atoms with van der Waals surface area (Å²) in [5, 5.41) is 10.0. The van der Waals surface area contributed by atoms with Gasteiger partial charge in [0.05, 0.1) is 11.7 Å². The first kappa shape index (κ1) is 17.0. The van der Waals surface area contributed by atoms with Gasteiger partial charge in [0.1, 0.15) is 0 Å². The predicted octanol–water partition coefficient (Wildman–Crippen LogP) is 4.84. The van der Waals surface area contributed by atoms with E-state index in [2.05, 4.69) is 6.92 Å². The van der Waals surface area contributed by atoms with Crippen LogP contribution in [0, 0.1) is 0 Å². The molecule has 1 saturated carbocycles. The monoisotopic (exact) mass is 270 g/mol. The average Bonchev–Trinajstić information content (AvgIpc) is 2.36. The van der Waals surface area contributed by atoms with E-state index in [1.165, 1.54) is 51.4 Å². The molecule has 114 valence electrons. The van der Waals surface area contributed by atoms with Crippen molar-refractivity contribution in [2.24, 2.45) is 0 Å². The highest BCUT2D eigenvalue weighted by Crippen LogP contribution is 2.29.